The summed E-state index contributed by atoms with van der Waals surface area (Å²) in [6.07, 6.45) is 5.64. The highest BCUT2D eigenvalue weighted by Crippen LogP contribution is 2.29. The Hall–Kier alpha value is -0.940. The zero-order valence-electron chi connectivity index (χ0n) is 9.19. The van der Waals surface area contributed by atoms with Gasteiger partial charge in [-0.1, -0.05) is 37.6 Å². The molecule has 0 spiro atoms. The number of hydrogen-bond donors (Lipinski definition) is 1. The van der Waals surface area contributed by atoms with Crippen molar-refractivity contribution in [3.05, 3.63) is 24.3 Å². The van der Waals surface area contributed by atoms with Gasteiger partial charge in [0.1, 0.15) is 14.6 Å². The zero-order valence-corrected chi connectivity index (χ0v) is 9.19. The molecule has 0 saturated carbocycles. The Kier molecular flexibility index (Phi) is 4.71. The lowest BCUT2D eigenvalue weighted by Crippen LogP contribution is -2.29. The summed E-state index contributed by atoms with van der Waals surface area (Å²) in [5.74, 6) is 0.445. The third-order valence-electron chi connectivity index (χ3n) is 2.80. The highest BCUT2D eigenvalue weighted by atomic mass is 14.6. The van der Waals surface area contributed by atoms with Crippen LogP contribution in [0, 0.1) is 11.3 Å². The van der Waals surface area contributed by atoms with Gasteiger partial charge in [-0.2, -0.15) is 5.26 Å². The fourth-order valence-electron chi connectivity index (χ4n) is 1.84. The summed E-state index contributed by atoms with van der Waals surface area (Å²) in [6.45, 7) is 5.89. The Bertz CT molecular complexity index is 293. The van der Waals surface area contributed by atoms with Gasteiger partial charge in [-0.05, 0) is 11.8 Å². The molecule has 0 bridgehead atoms. The van der Waals surface area contributed by atoms with E-state index in [1.807, 2.05) is 19.4 Å². The fourth-order valence-corrected chi connectivity index (χ4v) is 1.84. The van der Waals surface area contributed by atoms with Gasteiger partial charge in [0.15, 0.2) is 0 Å². The van der Waals surface area contributed by atoms with Crippen molar-refractivity contribution in [3.8, 4) is 6.07 Å². The molecule has 0 aromatic carbocycles. The van der Waals surface area contributed by atoms with Gasteiger partial charge in [-0.15, -0.1) is 6.58 Å². The van der Waals surface area contributed by atoms with Crippen LogP contribution in [0.2, 0.25) is 18.0 Å². The fraction of sp³-hybridized carbons (Fsp3) is 0.545. The summed E-state index contributed by atoms with van der Waals surface area (Å²) in [5, 5.41) is 9.05. The highest BCUT2D eigenvalue weighted by Gasteiger charge is 2.22. The largest absolute Gasteiger partial charge is 0.332 e. The van der Waals surface area contributed by atoms with Gasteiger partial charge in [0.2, 0.25) is 0 Å². The van der Waals surface area contributed by atoms with E-state index in [1.165, 1.54) is 0 Å². The molecule has 3 unspecified atom stereocenters. The van der Waals surface area contributed by atoms with E-state index in [-0.39, 0.29) is 11.8 Å². The minimum atomic E-state index is -0.107. The lowest BCUT2D eigenvalue weighted by molar-refractivity contribution is 0.878. The summed E-state index contributed by atoms with van der Waals surface area (Å²) in [7, 11) is 4.23. The van der Waals surface area contributed by atoms with E-state index in [1.54, 1.807) is 0 Å². The molecule has 0 amide bonds. The van der Waals surface area contributed by atoms with E-state index in [4.69, 9.17) is 11.0 Å². The molecule has 2 radical (unpaired) electrons. The first-order valence-corrected chi connectivity index (χ1v) is 5.39. The van der Waals surface area contributed by atoms with Crippen molar-refractivity contribution in [2.45, 2.75) is 37.2 Å². The Morgan fingerprint density at radius 1 is 1.80 bits per heavy atom. The molecule has 0 aliphatic carbocycles. The normalized spacial score (nSPS) is 34.5. The van der Waals surface area contributed by atoms with Crippen molar-refractivity contribution in [1.82, 2.24) is 0 Å². The molecular formula is C11H16B2N2. The number of nitrogens with two attached hydrogens (primary N) is 1. The SMILES string of the molecule is C=CC1[B]C(CC)/C(C#N)=C\C(N)[B]C1. The average molecular weight is 198 g/mol. The van der Waals surface area contributed by atoms with E-state index in [9.17, 15) is 0 Å². The van der Waals surface area contributed by atoms with Crippen molar-refractivity contribution in [3.63, 3.8) is 0 Å². The molecule has 76 valence electrons. The maximum Gasteiger partial charge on any atom is 0.137 e. The maximum absolute atomic E-state index is 9.05. The second kappa shape index (κ2) is 5.82. The van der Waals surface area contributed by atoms with Crippen LogP contribution in [0.1, 0.15) is 13.3 Å². The van der Waals surface area contributed by atoms with Crippen LogP contribution in [-0.2, 0) is 0 Å². The lowest BCUT2D eigenvalue weighted by atomic mass is 9.44. The first kappa shape index (κ1) is 12.1. The molecule has 1 heterocycles. The van der Waals surface area contributed by atoms with Crippen molar-refractivity contribution < 1.29 is 0 Å². The molecule has 1 aliphatic heterocycles. The van der Waals surface area contributed by atoms with E-state index in [0.717, 1.165) is 18.3 Å². The number of allylic oxidation sites excluding steroid dienone is 2. The molecule has 0 fully saturated rings. The van der Waals surface area contributed by atoms with Crippen LogP contribution < -0.4 is 5.73 Å². The van der Waals surface area contributed by atoms with Crippen molar-refractivity contribution in [2.75, 3.05) is 0 Å². The minimum Gasteiger partial charge on any atom is -0.332 e. The smallest absolute Gasteiger partial charge is 0.137 e. The molecule has 0 saturated heterocycles. The Morgan fingerprint density at radius 2 is 2.53 bits per heavy atom. The molecular weight excluding hydrogens is 182 g/mol. The molecule has 4 heteroatoms. The number of nitriles is 1. The molecule has 0 aromatic rings. The molecule has 0 aromatic heterocycles. The van der Waals surface area contributed by atoms with Gasteiger partial charge < -0.3 is 5.73 Å². The summed E-state index contributed by atoms with van der Waals surface area (Å²) in [5.41, 5.74) is 6.66. The number of nitrogens with zero attached hydrogens (tertiary/aromatic N) is 1. The Labute approximate surface area is 93.7 Å². The van der Waals surface area contributed by atoms with E-state index >= 15 is 0 Å². The minimum absolute atomic E-state index is 0.107. The predicted octanol–water partition coefficient (Wildman–Crippen LogP) is 1.73. The third-order valence-corrected chi connectivity index (χ3v) is 2.80. The van der Waals surface area contributed by atoms with Crippen molar-refractivity contribution in [1.29, 1.82) is 5.26 Å². The molecule has 3 atom stereocenters. The topological polar surface area (TPSA) is 49.8 Å². The van der Waals surface area contributed by atoms with Crippen LogP contribution in [-0.4, -0.2) is 20.5 Å². The first-order chi connectivity index (χ1) is 7.21. The Morgan fingerprint density at radius 3 is 3.07 bits per heavy atom. The van der Waals surface area contributed by atoms with Gasteiger partial charge >= 0.3 is 0 Å². The second-order valence-electron chi connectivity index (χ2n) is 3.89. The van der Waals surface area contributed by atoms with Crippen LogP contribution in [0.15, 0.2) is 24.3 Å². The van der Waals surface area contributed by atoms with Crippen molar-refractivity contribution >= 4 is 14.6 Å². The van der Waals surface area contributed by atoms with Crippen LogP contribution >= 0.6 is 0 Å². The molecule has 15 heavy (non-hydrogen) atoms. The van der Waals surface area contributed by atoms with Crippen LogP contribution in [0.25, 0.3) is 0 Å². The van der Waals surface area contributed by atoms with Crippen LogP contribution in [0.4, 0.5) is 0 Å². The summed E-state index contributed by atoms with van der Waals surface area (Å²) < 4.78 is 0. The van der Waals surface area contributed by atoms with Gasteiger partial charge in [-0.3, -0.25) is 0 Å². The monoisotopic (exact) mass is 198 g/mol. The molecule has 2 N–H and O–H groups in total. The molecule has 2 nitrogen and oxygen atoms in total. The van der Waals surface area contributed by atoms with Gasteiger partial charge in [0.25, 0.3) is 0 Å². The molecule has 1 rings (SSSR count). The Balaban J connectivity index is 2.88. The zero-order chi connectivity index (χ0) is 11.3. The van der Waals surface area contributed by atoms with E-state index < -0.39 is 0 Å². The quantitative estimate of drug-likeness (QED) is 0.542. The van der Waals surface area contributed by atoms with Gasteiger partial charge in [0.05, 0.1) is 6.07 Å². The van der Waals surface area contributed by atoms with Crippen LogP contribution in [0.5, 0.6) is 0 Å². The standard InChI is InChI=1S/C11H16B2N2/c1-3-9-6-12-11(15)5-8(7-14)10(4-2)13-9/h3,5,9-11H,1,4,6,15H2,2H3/b8-5-. The maximum atomic E-state index is 9.05. The third kappa shape index (κ3) is 3.28. The van der Waals surface area contributed by atoms with Crippen LogP contribution in [0.3, 0.4) is 0 Å². The average Bonchev–Trinajstić information content (AvgIpc) is 2.24. The summed E-state index contributed by atoms with van der Waals surface area (Å²) in [6, 6.07) is 2.24. The van der Waals surface area contributed by atoms with E-state index in [0.29, 0.717) is 5.82 Å². The second-order valence-corrected chi connectivity index (χ2v) is 3.89. The lowest BCUT2D eigenvalue weighted by Gasteiger charge is -2.23. The summed E-state index contributed by atoms with van der Waals surface area (Å²) >= 11 is 0. The van der Waals surface area contributed by atoms with Crippen molar-refractivity contribution in [2.24, 2.45) is 5.73 Å². The molecule has 1 aliphatic rings. The van der Waals surface area contributed by atoms with Gasteiger partial charge in [0, 0.05) is 5.57 Å². The van der Waals surface area contributed by atoms with E-state index in [2.05, 4.69) is 26.9 Å². The van der Waals surface area contributed by atoms with Gasteiger partial charge in [-0.25, -0.2) is 0 Å². The number of hydrogen-bond acceptors (Lipinski definition) is 2. The first-order valence-electron chi connectivity index (χ1n) is 5.39. The predicted molar refractivity (Wildman–Crippen MR) is 66.0 cm³/mol. The summed E-state index contributed by atoms with van der Waals surface area (Å²) in [4.78, 5) is 0. The number of rotatable bonds is 2. The highest BCUT2D eigenvalue weighted by molar-refractivity contribution is 6.48.